The Morgan fingerprint density at radius 2 is 2.40 bits per heavy atom. The molecule has 1 atom stereocenters. The van der Waals surface area contributed by atoms with Gasteiger partial charge in [-0.05, 0) is 11.6 Å². The molecule has 1 N–H and O–H groups in total. The van der Waals surface area contributed by atoms with Crippen molar-refractivity contribution in [2.45, 2.75) is 26.1 Å². The summed E-state index contributed by atoms with van der Waals surface area (Å²) in [7, 11) is 0. The first-order chi connectivity index (χ1) is 9.83. The second-order valence-electron chi connectivity index (χ2n) is 4.84. The molecule has 0 spiro atoms. The number of hydrogen-bond acceptors (Lipinski definition) is 5. The van der Waals surface area contributed by atoms with Gasteiger partial charge in [-0.15, -0.1) is 21.5 Å². The molecule has 0 saturated carbocycles. The molecule has 102 valence electrons. The zero-order chi connectivity index (χ0) is 13.5. The van der Waals surface area contributed by atoms with E-state index in [0.29, 0.717) is 19.1 Å². The molecular formula is C13H13N5OS. The third-order valence-corrected chi connectivity index (χ3v) is 4.94. The Morgan fingerprint density at radius 1 is 1.45 bits per heavy atom. The molecule has 0 aromatic carbocycles. The molecule has 0 saturated heterocycles. The minimum absolute atomic E-state index is 0.311. The predicted octanol–water partition coefficient (Wildman–Crippen LogP) is 2.23. The molecular weight excluding hydrogens is 274 g/mol. The maximum Gasteiger partial charge on any atom is 0.164 e. The van der Waals surface area contributed by atoms with E-state index in [9.17, 15) is 0 Å². The second kappa shape index (κ2) is 4.53. The average molecular weight is 287 g/mol. The van der Waals surface area contributed by atoms with Crippen molar-refractivity contribution in [2.24, 2.45) is 0 Å². The topological polar surface area (TPSA) is 68.6 Å². The summed E-state index contributed by atoms with van der Waals surface area (Å²) in [4.78, 5) is 1.29. The molecule has 1 unspecified atom stereocenters. The highest BCUT2D eigenvalue weighted by Gasteiger charge is 2.21. The molecule has 0 bridgehead atoms. The summed E-state index contributed by atoms with van der Waals surface area (Å²) in [5, 5.41) is 16.1. The summed E-state index contributed by atoms with van der Waals surface area (Å²) < 4.78 is 7.68. The summed E-state index contributed by atoms with van der Waals surface area (Å²) in [6.07, 6.45) is 5.57. The van der Waals surface area contributed by atoms with E-state index in [-0.39, 0.29) is 0 Å². The molecule has 6 nitrogen and oxygen atoms in total. The fourth-order valence-electron chi connectivity index (χ4n) is 2.40. The molecule has 1 aliphatic heterocycles. The molecule has 3 aromatic heterocycles. The largest absolute Gasteiger partial charge is 0.369 e. The maximum atomic E-state index is 5.65. The fourth-order valence-corrected chi connectivity index (χ4v) is 3.64. The standard InChI is InChI=1S/C13H13N5OS/c1-8(10-3-14-15-4-10)11-2-9-5-19-6-12-17-16-7-18(12)13(9)20-11/h2-4,7-8H,5-6H2,1H3,(H,14,15). The number of hydrogen-bond donors (Lipinski definition) is 1. The van der Waals surface area contributed by atoms with Crippen LogP contribution >= 0.6 is 11.3 Å². The number of ether oxygens (including phenoxy) is 1. The van der Waals surface area contributed by atoms with Gasteiger partial charge in [0, 0.05) is 22.6 Å². The van der Waals surface area contributed by atoms with Gasteiger partial charge in [0.05, 0.1) is 12.8 Å². The second-order valence-corrected chi connectivity index (χ2v) is 5.90. The van der Waals surface area contributed by atoms with Crippen LogP contribution in [-0.2, 0) is 18.0 Å². The first kappa shape index (κ1) is 11.8. The minimum Gasteiger partial charge on any atom is -0.369 e. The van der Waals surface area contributed by atoms with Crippen LogP contribution in [0.1, 0.15) is 34.7 Å². The van der Waals surface area contributed by atoms with Crippen molar-refractivity contribution >= 4 is 11.3 Å². The van der Waals surface area contributed by atoms with Gasteiger partial charge in [-0.3, -0.25) is 9.67 Å². The van der Waals surface area contributed by atoms with E-state index in [1.165, 1.54) is 16.0 Å². The lowest BCUT2D eigenvalue weighted by molar-refractivity contribution is 0.105. The van der Waals surface area contributed by atoms with E-state index in [4.69, 9.17) is 4.74 Å². The number of thiophene rings is 1. The van der Waals surface area contributed by atoms with Crippen LogP contribution in [0.3, 0.4) is 0 Å². The van der Waals surface area contributed by atoms with Crippen molar-refractivity contribution in [3.63, 3.8) is 0 Å². The summed E-state index contributed by atoms with van der Waals surface area (Å²) in [6, 6.07) is 2.22. The van der Waals surface area contributed by atoms with Crippen LogP contribution < -0.4 is 0 Å². The number of nitrogens with one attached hydrogen (secondary N) is 1. The highest BCUT2D eigenvalue weighted by atomic mass is 32.1. The third-order valence-electron chi connectivity index (χ3n) is 3.58. The molecule has 20 heavy (non-hydrogen) atoms. The van der Waals surface area contributed by atoms with E-state index in [0.717, 1.165) is 10.8 Å². The summed E-state index contributed by atoms with van der Waals surface area (Å²) in [5.41, 5.74) is 2.38. The molecule has 3 aromatic rings. The average Bonchev–Trinajstić information content (AvgIpc) is 3.17. The van der Waals surface area contributed by atoms with Gasteiger partial charge in [-0.1, -0.05) is 6.92 Å². The predicted molar refractivity (Wildman–Crippen MR) is 73.8 cm³/mol. The van der Waals surface area contributed by atoms with Crippen LogP contribution in [0.5, 0.6) is 0 Å². The Bertz CT molecular complexity index is 730. The fraction of sp³-hybridized carbons (Fsp3) is 0.308. The van der Waals surface area contributed by atoms with Crippen LogP contribution in [0.15, 0.2) is 24.8 Å². The lowest BCUT2D eigenvalue weighted by Crippen LogP contribution is -1.97. The van der Waals surface area contributed by atoms with Gasteiger partial charge >= 0.3 is 0 Å². The van der Waals surface area contributed by atoms with Crippen LogP contribution in [0, 0.1) is 0 Å². The van der Waals surface area contributed by atoms with Gasteiger partial charge in [0.1, 0.15) is 17.9 Å². The van der Waals surface area contributed by atoms with Gasteiger partial charge in [0.15, 0.2) is 5.82 Å². The Kier molecular flexibility index (Phi) is 2.68. The zero-order valence-corrected chi connectivity index (χ0v) is 11.7. The summed E-state index contributed by atoms with van der Waals surface area (Å²) in [5.74, 6) is 1.17. The van der Waals surface area contributed by atoms with Gasteiger partial charge in [0.25, 0.3) is 0 Å². The lowest BCUT2D eigenvalue weighted by Gasteiger charge is -2.05. The van der Waals surface area contributed by atoms with Gasteiger partial charge < -0.3 is 4.74 Å². The number of rotatable bonds is 2. The van der Waals surface area contributed by atoms with Crippen molar-refractivity contribution in [2.75, 3.05) is 0 Å². The first-order valence-corrected chi connectivity index (χ1v) is 7.23. The molecule has 0 radical (unpaired) electrons. The molecule has 4 heterocycles. The summed E-state index contributed by atoms with van der Waals surface area (Å²) >= 11 is 1.76. The zero-order valence-electron chi connectivity index (χ0n) is 10.9. The SMILES string of the molecule is CC(c1cn[nH]c1)c1cc2c(s1)-n1cnnc1COC2. The highest BCUT2D eigenvalue weighted by Crippen LogP contribution is 2.36. The van der Waals surface area contributed by atoms with Crippen molar-refractivity contribution in [3.8, 4) is 5.00 Å². The Balaban J connectivity index is 1.79. The van der Waals surface area contributed by atoms with E-state index in [1.54, 1.807) is 17.7 Å². The van der Waals surface area contributed by atoms with E-state index in [2.05, 4.69) is 33.4 Å². The Hall–Kier alpha value is -1.99. The van der Waals surface area contributed by atoms with E-state index >= 15 is 0 Å². The monoisotopic (exact) mass is 287 g/mol. The van der Waals surface area contributed by atoms with Crippen LogP contribution in [0.2, 0.25) is 0 Å². The third kappa shape index (κ3) is 1.78. The number of aromatic amines is 1. The van der Waals surface area contributed by atoms with E-state index in [1.807, 2.05) is 17.0 Å². The number of H-pyrrole nitrogens is 1. The van der Waals surface area contributed by atoms with Crippen molar-refractivity contribution in [1.29, 1.82) is 0 Å². The summed E-state index contributed by atoms with van der Waals surface area (Å²) in [6.45, 7) is 3.31. The van der Waals surface area contributed by atoms with Crippen LogP contribution in [-0.4, -0.2) is 25.0 Å². The van der Waals surface area contributed by atoms with E-state index < -0.39 is 0 Å². The smallest absolute Gasteiger partial charge is 0.164 e. The number of aromatic nitrogens is 5. The molecule has 0 fully saturated rings. The van der Waals surface area contributed by atoms with Crippen molar-refractivity contribution < 1.29 is 4.74 Å². The molecule has 0 aliphatic carbocycles. The minimum atomic E-state index is 0.311. The Labute approximate surface area is 119 Å². The van der Waals surface area contributed by atoms with Gasteiger partial charge in [-0.25, -0.2) is 0 Å². The first-order valence-electron chi connectivity index (χ1n) is 6.41. The Morgan fingerprint density at radius 3 is 3.25 bits per heavy atom. The normalized spacial score (nSPS) is 15.4. The van der Waals surface area contributed by atoms with Gasteiger partial charge in [-0.2, -0.15) is 5.10 Å². The number of fused-ring (bicyclic) bond motifs is 3. The molecule has 7 heteroatoms. The highest BCUT2D eigenvalue weighted by molar-refractivity contribution is 7.14. The van der Waals surface area contributed by atoms with Gasteiger partial charge in [0.2, 0.25) is 0 Å². The lowest BCUT2D eigenvalue weighted by atomic mass is 10.0. The molecule has 4 rings (SSSR count). The molecule has 0 amide bonds. The maximum absolute atomic E-state index is 5.65. The van der Waals surface area contributed by atoms with Crippen molar-refractivity contribution in [3.05, 3.63) is 46.6 Å². The van der Waals surface area contributed by atoms with Crippen LogP contribution in [0.4, 0.5) is 0 Å². The molecule has 1 aliphatic rings. The quantitative estimate of drug-likeness (QED) is 0.785. The van der Waals surface area contributed by atoms with Crippen molar-refractivity contribution in [1.82, 2.24) is 25.0 Å². The van der Waals surface area contributed by atoms with Crippen LogP contribution in [0.25, 0.3) is 5.00 Å². The number of nitrogens with zero attached hydrogens (tertiary/aromatic N) is 4.